The molecule has 154 valence electrons. The van der Waals surface area contributed by atoms with Crippen molar-refractivity contribution >= 4 is 33.2 Å². The highest BCUT2D eigenvalue weighted by molar-refractivity contribution is 7.92. The van der Waals surface area contributed by atoms with Gasteiger partial charge in [-0.05, 0) is 67.9 Å². The Bertz CT molecular complexity index is 1200. The number of primary amides is 1. The third-order valence-electron chi connectivity index (χ3n) is 4.58. The Morgan fingerprint density at radius 3 is 2.10 bits per heavy atom. The first-order valence-electron chi connectivity index (χ1n) is 9.08. The van der Waals surface area contributed by atoms with Gasteiger partial charge in [-0.2, -0.15) is 0 Å². The quantitative estimate of drug-likeness (QED) is 0.563. The Labute approximate surface area is 175 Å². The molecule has 0 heterocycles. The molecule has 8 heteroatoms. The fraction of sp³-hybridized carbons (Fsp3) is 0.0909. The summed E-state index contributed by atoms with van der Waals surface area (Å²) in [6.07, 6.45) is 0. The van der Waals surface area contributed by atoms with Crippen LogP contribution in [-0.2, 0) is 10.0 Å². The molecule has 0 aliphatic rings. The van der Waals surface area contributed by atoms with Crippen LogP contribution in [0.1, 0.15) is 31.8 Å². The zero-order chi connectivity index (χ0) is 21.9. The number of carbonyl (C=O) groups is 2. The summed E-state index contributed by atoms with van der Waals surface area (Å²) in [5, 5.41) is 2.72. The number of anilines is 2. The first-order valence-corrected chi connectivity index (χ1v) is 10.6. The number of nitrogens with one attached hydrogen (secondary N) is 2. The lowest BCUT2D eigenvalue weighted by atomic mass is 10.1. The van der Waals surface area contributed by atoms with E-state index in [0.29, 0.717) is 28.1 Å². The molecule has 0 aliphatic carbocycles. The lowest BCUT2D eigenvalue weighted by Crippen LogP contribution is -2.17. The van der Waals surface area contributed by atoms with Crippen LogP contribution in [0.4, 0.5) is 11.4 Å². The van der Waals surface area contributed by atoms with E-state index in [0.717, 1.165) is 5.56 Å². The van der Waals surface area contributed by atoms with Crippen LogP contribution < -0.4 is 15.8 Å². The summed E-state index contributed by atoms with van der Waals surface area (Å²) in [5.41, 5.74) is 8.09. The molecule has 3 aromatic rings. The van der Waals surface area contributed by atoms with Gasteiger partial charge in [-0.1, -0.05) is 23.8 Å². The lowest BCUT2D eigenvalue weighted by molar-refractivity contribution is 0.0998. The molecular formula is C22H21N3O4S. The second-order valence-electron chi connectivity index (χ2n) is 6.79. The van der Waals surface area contributed by atoms with Crippen molar-refractivity contribution in [2.45, 2.75) is 18.7 Å². The molecule has 0 radical (unpaired) electrons. The van der Waals surface area contributed by atoms with Crippen molar-refractivity contribution in [3.63, 3.8) is 0 Å². The van der Waals surface area contributed by atoms with Crippen molar-refractivity contribution in [2.75, 3.05) is 10.0 Å². The molecule has 0 atom stereocenters. The molecule has 0 aliphatic heterocycles. The molecule has 0 fully saturated rings. The number of hydrogen-bond donors (Lipinski definition) is 3. The Morgan fingerprint density at radius 2 is 1.50 bits per heavy atom. The molecule has 7 nitrogen and oxygen atoms in total. The van der Waals surface area contributed by atoms with Crippen LogP contribution in [0.15, 0.2) is 71.6 Å². The SMILES string of the molecule is Cc1ccc(S(=O)(=O)Nc2cccc(C(=O)Nc3ccc(C(N)=O)cc3)c2C)cc1. The van der Waals surface area contributed by atoms with Gasteiger partial charge in [-0.3, -0.25) is 14.3 Å². The molecular weight excluding hydrogens is 402 g/mol. The molecule has 3 rings (SSSR count). The first-order chi connectivity index (χ1) is 14.2. The van der Waals surface area contributed by atoms with Gasteiger partial charge in [0.05, 0.1) is 10.6 Å². The Balaban J connectivity index is 1.82. The summed E-state index contributed by atoms with van der Waals surface area (Å²) in [6.45, 7) is 3.54. The van der Waals surface area contributed by atoms with Gasteiger partial charge < -0.3 is 11.1 Å². The van der Waals surface area contributed by atoms with E-state index in [1.54, 1.807) is 49.4 Å². The standard InChI is InChI=1S/C22H21N3O4S/c1-14-6-12-18(13-7-14)30(28,29)25-20-5-3-4-19(15(20)2)22(27)24-17-10-8-16(9-11-17)21(23)26/h3-13,25H,1-2H3,(H2,23,26)(H,24,27). The highest BCUT2D eigenvalue weighted by Crippen LogP contribution is 2.24. The van der Waals surface area contributed by atoms with E-state index in [-0.39, 0.29) is 4.90 Å². The van der Waals surface area contributed by atoms with Crippen molar-refractivity contribution in [1.29, 1.82) is 0 Å². The number of rotatable bonds is 6. The van der Waals surface area contributed by atoms with E-state index >= 15 is 0 Å². The molecule has 4 N–H and O–H groups in total. The maximum Gasteiger partial charge on any atom is 0.261 e. The number of sulfonamides is 1. The van der Waals surface area contributed by atoms with E-state index in [2.05, 4.69) is 10.0 Å². The van der Waals surface area contributed by atoms with Gasteiger partial charge in [-0.25, -0.2) is 8.42 Å². The van der Waals surface area contributed by atoms with E-state index in [1.165, 1.54) is 24.3 Å². The minimum absolute atomic E-state index is 0.136. The highest BCUT2D eigenvalue weighted by Gasteiger charge is 2.18. The van der Waals surface area contributed by atoms with Gasteiger partial charge in [-0.15, -0.1) is 0 Å². The summed E-state index contributed by atoms with van der Waals surface area (Å²) in [7, 11) is -3.79. The average Bonchev–Trinajstić information content (AvgIpc) is 2.70. The van der Waals surface area contributed by atoms with Crippen molar-refractivity contribution in [2.24, 2.45) is 5.73 Å². The second-order valence-corrected chi connectivity index (χ2v) is 8.47. The summed E-state index contributed by atoms with van der Waals surface area (Å²) in [5.74, 6) is -0.965. The fourth-order valence-electron chi connectivity index (χ4n) is 2.83. The van der Waals surface area contributed by atoms with Gasteiger partial charge in [0, 0.05) is 16.8 Å². The molecule has 0 bridgehead atoms. The van der Waals surface area contributed by atoms with Crippen LogP contribution in [0.5, 0.6) is 0 Å². The van der Waals surface area contributed by atoms with Crippen molar-refractivity contribution in [1.82, 2.24) is 0 Å². The molecule has 0 saturated carbocycles. The Morgan fingerprint density at radius 1 is 0.867 bits per heavy atom. The van der Waals surface area contributed by atoms with Crippen LogP contribution in [0.3, 0.4) is 0 Å². The molecule has 0 saturated heterocycles. The third kappa shape index (κ3) is 4.66. The van der Waals surface area contributed by atoms with E-state index in [9.17, 15) is 18.0 Å². The zero-order valence-corrected chi connectivity index (χ0v) is 17.3. The summed E-state index contributed by atoms with van der Waals surface area (Å²) >= 11 is 0. The maximum atomic E-state index is 12.7. The monoisotopic (exact) mass is 423 g/mol. The number of nitrogens with two attached hydrogens (primary N) is 1. The van der Waals surface area contributed by atoms with Crippen LogP contribution in [0.25, 0.3) is 0 Å². The summed E-state index contributed by atoms with van der Waals surface area (Å²) in [6, 6.07) is 17.4. The van der Waals surface area contributed by atoms with Crippen molar-refractivity contribution < 1.29 is 18.0 Å². The zero-order valence-electron chi connectivity index (χ0n) is 16.5. The third-order valence-corrected chi connectivity index (χ3v) is 5.96. The van der Waals surface area contributed by atoms with Crippen LogP contribution in [0.2, 0.25) is 0 Å². The van der Waals surface area contributed by atoms with E-state index in [1.807, 2.05) is 6.92 Å². The van der Waals surface area contributed by atoms with Crippen LogP contribution in [0, 0.1) is 13.8 Å². The lowest BCUT2D eigenvalue weighted by Gasteiger charge is -2.14. The predicted molar refractivity (Wildman–Crippen MR) is 116 cm³/mol. The smallest absolute Gasteiger partial charge is 0.261 e. The summed E-state index contributed by atoms with van der Waals surface area (Å²) in [4.78, 5) is 24.0. The number of benzene rings is 3. The molecule has 0 spiro atoms. The van der Waals surface area contributed by atoms with Crippen LogP contribution >= 0.6 is 0 Å². The van der Waals surface area contributed by atoms with Gasteiger partial charge in [0.15, 0.2) is 0 Å². The minimum Gasteiger partial charge on any atom is -0.366 e. The van der Waals surface area contributed by atoms with Gasteiger partial charge >= 0.3 is 0 Å². The first kappa shape index (κ1) is 21.1. The molecule has 2 amide bonds. The number of carbonyl (C=O) groups excluding carboxylic acids is 2. The van der Waals surface area contributed by atoms with Gasteiger partial charge in [0.1, 0.15) is 0 Å². The van der Waals surface area contributed by atoms with Gasteiger partial charge in [0.2, 0.25) is 5.91 Å². The normalized spacial score (nSPS) is 11.0. The number of aryl methyl sites for hydroxylation is 1. The van der Waals surface area contributed by atoms with Gasteiger partial charge in [0.25, 0.3) is 15.9 Å². The molecule has 0 unspecified atom stereocenters. The minimum atomic E-state index is -3.79. The van der Waals surface area contributed by atoms with Crippen molar-refractivity contribution in [3.8, 4) is 0 Å². The largest absolute Gasteiger partial charge is 0.366 e. The molecule has 30 heavy (non-hydrogen) atoms. The van der Waals surface area contributed by atoms with E-state index < -0.39 is 21.8 Å². The fourth-order valence-corrected chi connectivity index (χ4v) is 3.95. The number of hydrogen-bond acceptors (Lipinski definition) is 4. The predicted octanol–water partition coefficient (Wildman–Crippen LogP) is 3.46. The number of amides is 2. The second kappa shape index (κ2) is 8.38. The highest BCUT2D eigenvalue weighted by atomic mass is 32.2. The average molecular weight is 423 g/mol. The topological polar surface area (TPSA) is 118 Å². The maximum absolute atomic E-state index is 12.7. The molecule has 3 aromatic carbocycles. The summed E-state index contributed by atoms with van der Waals surface area (Å²) < 4.78 is 27.9. The Kier molecular flexibility index (Phi) is 5.89. The van der Waals surface area contributed by atoms with E-state index in [4.69, 9.17) is 5.73 Å². The van der Waals surface area contributed by atoms with Crippen LogP contribution in [-0.4, -0.2) is 20.2 Å². The Hall–Kier alpha value is -3.65. The molecule has 0 aromatic heterocycles. The van der Waals surface area contributed by atoms with Crippen molar-refractivity contribution in [3.05, 3.63) is 89.0 Å².